The Morgan fingerprint density at radius 3 is 2.00 bits per heavy atom. The molecular weight excluding hydrogens is 199 g/mol. The Hall–Kier alpha value is 0.730. The minimum atomic E-state index is 0.395. The van der Waals surface area contributed by atoms with Gasteiger partial charge in [-0.05, 0) is 6.42 Å². The highest BCUT2D eigenvalue weighted by molar-refractivity contribution is 14.1. The first-order valence-electron chi connectivity index (χ1n) is 2.59. The van der Waals surface area contributed by atoms with Crippen LogP contribution in [0.3, 0.4) is 0 Å². The van der Waals surface area contributed by atoms with Crippen LogP contribution in [0.5, 0.6) is 0 Å². The van der Waals surface area contributed by atoms with Gasteiger partial charge in [0.25, 0.3) is 0 Å². The van der Waals surface area contributed by atoms with E-state index in [0.717, 1.165) is 0 Å². The van der Waals surface area contributed by atoms with Gasteiger partial charge in [0.05, 0.1) is 0 Å². The van der Waals surface area contributed by atoms with E-state index in [0.29, 0.717) is 3.42 Å². The molecule has 0 heterocycles. The van der Waals surface area contributed by atoms with Crippen LogP contribution in [-0.4, -0.2) is 3.42 Å². The number of halogens is 1. The van der Waals surface area contributed by atoms with E-state index in [9.17, 15) is 0 Å². The van der Waals surface area contributed by atoms with Gasteiger partial charge in [-0.1, -0.05) is 49.8 Å². The first kappa shape index (κ1) is 7.73. The van der Waals surface area contributed by atoms with Crippen molar-refractivity contribution < 1.29 is 0 Å². The lowest BCUT2D eigenvalue weighted by atomic mass is 10.1. The van der Waals surface area contributed by atoms with Crippen molar-refractivity contribution in [2.24, 2.45) is 0 Å². The molecule has 0 bridgehead atoms. The van der Waals surface area contributed by atoms with Crippen LogP contribution in [-0.2, 0) is 0 Å². The molecule has 0 fully saturated rings. The van der Waals surface area contributed by atoms with E-state index in [-0.39, 0.29) is 0 Å². The summed E-state index contributed by atoms with van der Waals surface area (Å²) in [6, 6.07) is 0. The molecule has 0 saturated carbocycles. The Kier molecular flexibility index (Phi) is 3.20. The van der Waals surface area contributed by atoms with Gasteiger partial charge in [-0.2, -0.15) is 0 Å². The fraction of sp³-hybridized carbons (Fsp3) is 0.833. The summed E-state index contributed by atoms with van der Waals surface area (Å²) in [4.78, 5) is 0. The van der Waals surface area contributed by atoms with Crippen molar-refractivity contribution in [3.63, 3.8) is 0 Å². The molecule has 7 heavy (non-hydrogen) atoms. The van der Waals surface area contributed by atoms with Crippen molar-refractivity contribution >= 4 is 22.6 Å². The summed E-state index contributed by atoms with van der Waals surface area (Å²) in [7, 11) is 0. The molecule has 43 valence electrons. The molecule has 0 aromatic carbocycles. The lowest BCUT2D eigenvalue weighted by molar-refractivity contribution is 0.814. The monoisotopic (exact) mass is 211 g/mol. The molecule has 1 radical (unpaired) electrons. The van der Waals surface area contributed by atoms with Crippen LogP contribution in [0.1, 0.15) is 27.2 Å². The van der Waals surface area contributed by atoms with Crippen LogP contribution < -0.4 is 0 Å². The molecule has 0 aliphatic heterocycles. The summed E-state index contributed by atoms with van der Waals surface area (Å²) in [6.07, 6.45) is 3.48. The van der Waals surface area contributed by atoms with Gasteiger partial charge < -0.3 is 0 Å². The highest BCUT2D eigenvalue weighted by Crippen LogP contribution is 2.20. The third-order valence-corrected chi connectivity index (χ3v) is 1.13. The molecule has 0 aliphatic carbocycles. The molecule has 0 aliphatic rings. The van der Waals surface area contributed by atoms with Crippen molar-refractivity contribution in [1.29, 1.82) is 0 Å². The molecule has 0 N–H and O–H groups in total. The molecule has 1 heteroatoms. The van der Waals surface area contributed by atoms with Gasteiger partial charge in [0.15, 0.2) is 0 Å². The van der Waals surface area contributed by atoms with Crippen molar-refractivity contribution in [3.05, 3.63) is 6.42 Å². The molecule has 0 amide bonds. The Bertz CT molecular complexity index is 42.6. The fourth-order valence-corrected chi connectivity index (χ4v) is 0.926. The van der Waals surface area contributed by atoms with Gasteiger partial charge in [-0.15, -0.1) is 0 Å². The summed E-state index contributed by atoms with van der Waals surface area (Å²) in [5.41, 5.74) is 0. The fourth-order valence-electron chi connectivity index (χ4n) is 0.485. The normalized spacial score (nSPS) is 12.0. The molecule has 0 aromatic rings. The highest BCUT2D eigenvalue weighted by atomic mass is 127. The van der Waals surface area contributed by atoms with Crippen LogP contribution in [0, 0.1) is 6.42 Å². The predicted molar refractivity (Wildman–Crippen MR) is 42.7 cm³/mol. The molecule has 0 nitrogen and oxygen atoms in total. The lowest BCUT2D eigenvalue weighted by Gasteiger charge is -2.12. The summed E-state index contributed by atoms with van der Waals surface area (Å²) >= 11 is 2.42. The first-order chi connectivity index (χ1) is 3.06. The predicted octanol–water partition coefficient (Wildman–Crippen LogP) is 2.81. The van der Waals surface area contributed by atoms with Crippen LogP contribution >= 0.6 is 22.6 Å². The van der Waals surface area contributed by atoms with Crippen LogP contribution in [0.4, 0.5) is 0 Å². The maximum atomic E-state index is 2.42. The minimum absolute atomic E-state index is 0.395. The van der Waals surface area contributed by atoms with Gasteiger partial charge in [0.2, 0.25) is 0 Å². The van der Waals surface area contributed by atoms with Gasteiger partial charge in [-0.3, -0.25) is 0 Å². The van der Waals surface area contributed by atoms with E-state index in [2.05, 4.69) is 49.8 Å². The zero-order valence-corrected chi connectivity index (χ0v) is 7.32. The maximum Gasteiger partial charge on any atom is 0.0197 e. The summed E-state index contributed by atoms with van der Waals surface area (Å²) < 4.78 is 0.395. The Labute approximate surface area is 59.8 Å². The number of rotatable bonds is 2. The van der Waals surface area contributed by atoms with Crippen LogP contribution in [0.25, 0.3) is 0 Å². The van der Waals surface area contributed by atoms with Crippen molar-refractivity contribution in [3.8, 4) is 0 Å². The smallest absolute Gasteiger partial charge is 0.0197 e. The van der Waals surface area contributed by atoms with E-state index in [1.54, 1.807) is 0 Å². The standard InChI is InChI=1S/C6H12I/c1-4-5-6(2,3)7/h5H,4H2,1-3H3. The molecule has 0 rings (SSSR count). The summed E-state index contributed by atoms with van der Waals surface area (Å²) in [5.74, 6) is 0. The quantitative estimate of drug-likeness (QED) is 0.486. The van der Waals surface area contributed by atoms with Gasteiger partial charge in [0, 0.05) is 3.42 Å². The molecule has 0 atom stereocenters. The van der Waals surface area contributed by atoms with E-state index in [4.69, 9.17) is 0 Å². The first-order valence-corrected chi connectivity index (χ1v) is 3.67. The Morgan fingerprint density at radius 1 is 1.57 bits per heavy atom. The molecule has 0 aromatic heterocycles. The van der Waals surface area contributed by atoms with Crippen molar-refractivity contribution in [2.75, 3.05) is 0 Å². The zero-order chi connectivity index (χ0) is 5.91. The molecule has 0 unspecified atom stereocenters. The maximum absolute atomic E-state index is 2.42. The Morgan fingerprint density at radius 2 is 2.00 bits per heavy atom. The Balaban J connectivity index is 3.15. The average molecular weight is 211 g/mol. The SMILES string of the molecule is CC[CH]C(C)(C)I. The zero-order valence-electron chi connectivity index (χ0n) is 5.16. The second-order valence-electron chi connectivity index (χ2n) is 2.18. The van der Waals surface area contributed by atoms with Gasteiger partial charge >= 0.3 is 0 Å². The number of alkyl halides is 1. The second-order valence-corrected chi connectivity index (χ2v) is 4.96. The van der Waals surface area contributed by atoms with Crippen molar-refractivity contribution in [1.82, 2.24) is 0 Å². The third-order valence-electron chi connectivity index (χ3n) is 0.690. The van der Waals surface area contributed by atoms with Crippen LogP contribution in [0.15, 0.2) is 0 Å². The topological polar surface area (TPSA) is 0 Å². The minimum Gasteiger partial charge on any atom is -0.0792 e. The van der Waals surface area contributed by atoms with Crippen molar-refractivity contribution in [2.45, 2.75) is 30.6 Å². The van der Waals surface area contributed by atoms with Gasteiger partial charge in [-0.25, -0.2) is 0 Å². The number of hydrogen-bond acceptors (Lipinski definition) is 0. The molecule has 0 spiro atoms. The average Bonchev–Trinajstić information content (AvgIpc) is 1.30. The second kappa shape index (κ2) is 2.90. The van der Waals surface area contributed by atoms with E-state index >= 15 is 0 Å². The van der Waals surface area contributed by atoms with E-state index in [1.807, 2.05) is 0 Å². The number of hydrogen-bond donors (Lipinski definition) is 0. The molecular formula is C6H12I. The highest BCUT2D eigenvalue weighted by Gasteiger charge is 2.09. The van der Waals surface area contributed by atoms with Gasteiger partial charge in [0.1, 0.15) is 0 Å². The summed E-state index contributed by atoms with van der Waals surface area (Å²) in [6.45, 7) is 6.58. The molecule has 0 saturated heterocycles. The third kappa shape index (κ3) is 6.73. The van der Waals surface area contributed by atoms with E-state index in [1.165, 1.54) is 6.42 Å². The summed E-state index contributed by atoms with van der Waals surface area (Å²) in [5, 5.41) is 0. The van der Waals surface area contributed by atoms with Crippen LogP contribution in [0.2, 0.25) is 0 Å². The van der Waals surface area contributed by atoms with E-state index < -0.39 is 0 Å². The largest absolute Gasteiger partial charge is 0.0792 e. The lowest BCUT2D eigenvalue weighted by Crippen LogP contribution is -2.07.